The van der Waals surface area contributed by atoms with E-state index in [4.69, 9.17) is 14.2 Å². The highest BCUT2D eigenvalue weighted by Gasteiger charge is 2.56. The Morgan fingerprint density at radius 3 is 2.26 bits per heavy atom. The number of likely N-dealkylation sites (tertiary alicyclic amines) is 1. The standard InChI is InChI=1S/C34H36N4O5/c1-41-30-20-26-28(21-31(30)42-2)35-17-14-29(26)43-25-12-10-24(11-13-25)36-32(39)34(15-16-34)33(40)37-27-9-5-4-8-23(27)22-38-18-6-3-7-19-38/h4-5,8-14,17,20-21H,3,6-7,15-16,18-19,22H2,1-2H3,(H,36,39)(H,37,40). The summed E-state index contributed by atoms with van der Waals surface area (Å²) in [6.45, 7) is 2.93. The van der Waals surface area contributed by atoms with Crippen molar-refractivity contribution >= 4 is 34.1 Å². The molecule has 0 atom stereocenters. The molecule has 4 aromatic rings. The number of carbonyl (C=O) groups is 2. The molecule has 1 saturated carbocycles. The molecule has 222 valence electrons. The number of anilines is 2. The van der Waals surface area contributed by atoms with Gasteiger partial charge in [-0.15, -0.1) is 0 Å². The number of hydrogen-bond acceptors (Lipinski definition) is 7. The van der Waals surface area contributed by atoms with Crippen LogP contribution in [0.2, 0.25) is 0 Å². The summed E-state index contributed by atoms with van der Waals surface area (Å²) in [6.07, 6.45) is 6.39. The van der Waals surface area contributed by atoms with Gasteiger partial charge in [-0.1, -0.05) is 24.6 Å². The summed E-state index contributed by atoms with van der Waals surface area (Å²) in [5.41, 5.74) is 2.08. The molecule has 1 saturated heterocycles. The topological polar surface area (TPSA) is 102 Å². The first kappa shape index (κ1) is 28.5. The van der Waals surface area contributed by atoms with Crippen molar-refractivity contribution in [2.75, 3.05) is 37.9 Å². The molecular weight excluding hydrogens is 544 g/mol. The summed E-state index contributed by atoms with van der Waals surface area (Å²) in [5.74, 6) is 1.81. The van der Waals surface area contributed by atoms with Crippen LogP contribution < -0.4 is 24.8 Å². The van der Waals surface area contributed by atoms with Crippen LogP contribution in [0.3, 0.4) is 0 Å². The molecule has 2 aliphatic rings. The van der Waals surface area contributed by atoms with Crippen molar-refractivity contribution in [3.05, 3.63) is 78.5 Å². The number of amides is 2. The fraction of sp³-hybridized carbons (Fsp3) is 0.324. The number of hydrogen-bond donors (Lipinski definition) is 2. The number of para-hydroxylation sites is 1. The molecule has 2 heterocycles. The third-order valence-corrected chi connectivity index (χ3v) is 8.27. The van der Waals surface area contributed by atoms with Gasteiger partial charge in [-0.2, -0.15) is 0 Å². The molecule has 2 fully saturated rings. The van der Waals surface area contributed by atoms with Gasteiger partial charge in [-0.3, -0.25) is 19.5 Å². The number of pyridine rings is 1. The van der Waals surface area contributed by atoms with Crippen LogP contribution in [-0.4, -0.2) is 49.0 Å². The molecule has 2 amide bonds. The average molecular weight is 581 g/mol. The van der Waals surface area contributed by atoms with E-state index in [0.29, 0.717) is 47.0 Å². The van der Waals surface area contributed by atoms with E-state index >= 15 is 0 Å². The number of ether oxygens (including phenoxy) is 3. The first-order valence-corrected chi connectivity index (χ1v) is 14.7. The van der Waals surface area contributed by atoms with Gasteiger partial charge < -0.3 is 24.8 Å². The highest BCUT2D eigenvalue weighted by molar-refractivity contribution is 6.17. The van der Waals surface area contributed by atoms with E-state index in [1.165, 1.54) is 19.3 Å². The molecule has 0 spiro atoms. The van der Waals surface area contributed by atoms with Crippen molar-refractivity contribution in [2.24, 2.45) is 5.41 Å². The van der Waals surface area contributed by atoms with Crippen molar-refractivity contribution in [1.29, 1.82) is 0 Å². The molecule has 43 heavy (non-hydrogen) atoms. The fourth-order valence-electron chi connectivity index (χ4n) is 5.58. The molecule has 1 aromatic heterocycles. The zero-order chi connectivity index (χ0) is 29.8. The van der Waals surface area contributed by atoms with Gasteiger partial charge in [0.05, 0.1) is 19.7 Å². The highest BCUT2D eigenvalue weighted by Crippen LogP contribution is 2.48. The monoisotopic (exact) mass is 580 g/mol. The van der Waals surface area contributed by atoms with E-state index in [-0.39, 0.29) is 11.8 Å². The van der Waals surface area contributed by atoms with Gasteiger partial charge in [-0.25, -0.2) is 0 Å². The second-order valence-corrected chi connectivity index (χ2v) is 11.1. The van der Waals surface area contributed by atoms with Crippen LogP contribution >= 0.6 is 0 Å². The maximum absolute atomic E-state index is 13.4. The quantitative estimate of drug-likeness (QED) is 0.210. The zero-order valence-corrected chi connectivity index (χ0v) is 24.5. The van der Waals surface area contributed by atoms with E-state index in [1.807, 2.05) is 24.3 Å². The van der Waals surface area contributed by atoms with Crippen LogP contribution in [0.1, 0.15) is 37.7 Å². The van der Waals surface area contributed by atoms with Gasteiger partial charge in [0, 0.05) is 35.6 Å². The third-order valence-electron chi connectivity index (χ3n) is 8.27. The smallest absolute Gasteiger partial charge is 0.240 e. The number of nitrogens with zero attached hydrogens (tertiary/aromatic N) is 2. The molecule has 2 N–H and O–H groups in total. The Morgan fingerprint density at radius 1 is 0.837 bits per heavy atom. The van der Waals surface area contributed by atoms with E-state index in [2.05, 4.69) is 26.6 Å². The van der Waals surface area contributed by atoms with Crippen molar-refractivity contribution in [3.63, 3.8) is 0 Å². The number of methoxy groups -OCH3 is 2. The molecule has 1 aliphatic carbocycles. The minimum atomic E-state index is -1.07. The van der Waals surface area contributed by atoms with E-state index in [0.717, 1.165) is 36.3 Å². The van der Waals surface area contributed by atoms with Gasteiger partial charge in [0.2, 0.25) is 11.8 Å². The first-order chi connectivity index (χ1) is 21.0. The molecule has 0 radical (unpaired) electrons. The average Bonchev–Trinajstić information content (AvgIpc) is 3.85. The maximum atomic E-state index is 13.4. The summed E-state index contributed by atoms with van der Waals surface area (Å²) in [5, 5.41) is 6.78. The van der Waals surface area contributed by atoms with Crippen LogP contribution in [0.15, 0.2) is 72.9 Å². The summed E-state index contributed by atoms with van der Waals surface area (Å²) in [4.78, 5) is 33.6. The van der Waals surface area contributed by atoms with Crippen LogP contribution in [0, 0.1) is 5.41 Å². The number of piperidine rings is 1. The minimum absolute atomic E-state index is 0.257. The van der Waals surface area contributed by atoms with Gasteiger partial charge in [-0.05, 0) is 86.8 Å². The van der Waals surface area contributed by atoms with E-state index in [9.17, 15) is 9.59 Å². The molecule has 1 aliphatic heterocycles. The number of rotatable bonds is 10. The van der Waals surface area contributed by atoms with Crippen LogP contribution in [0.5, 0.6) is 23.0 Å². The summed E-state index contributed by atoms with van der Waals surface area (Å²) in [6, 6.07) is 20.4. The lowest BCUT2D eigenvalue weighted by Crippen LogP contribution is -2.36. The largest absolute Gasteiger partial charge is 0.493 e. The van der Waals surface area contributed by atoms with Gasteiger partial charge in [0.15, 0.2) is 11.5 Å². The van der Waals surface area contributed by atoms with Crippen LogP contribution in [0.4, 0.5) is 11.4 Å². The lowest BCUT2D eigenvalue weighted by molar-refractivity contribution is -0.131. The van der Waals surface area contributed by atoms with Gasteiger partial charge >= 0.3 is 0 Å². The fourth-order valence-corrected chi connectivity index (χ4v) is 5.58. The third kappa shape index (κ3) is 6.12. The Hall–Kier alpha value is -4.63. The van der Waals surface area contributed by atoms with Gasteiger partial charge in [0.25, 0.3) is 0 Å². The molecular formula is C34H36N4O5. The maximum Gasteiger partial charge on any atom is 0.240 e. The van der Waals surface area contributed by atoms with E-state index in [1.54, 1.807) is 56.8 Å². The van der Waals surface area contributed by atoms with Crippen LogP contribution in [-0.2, 0) is 16.1 Å². The summed E-state index contributed by atoms with van der Waals surface area (Å²) >= 11 is 0. The van der Waals surface area contributed by atoms with E-state index < -0.39 is 5.41 Å². The second kappa shape index (κ2) is 12.3. The second-order valence-electron chi connectivity index (χ2n) is 11.1. The Bertz CT molecular complexity index is 1630. The Morgan fingerprint density at radius 2 is 1.53 bits per heavy atom. The van der Waals surface area contributed by atoms with Crippen molar-refractivity contribution in [3.8, 4) is 23.0 Å². The van der Waals surface area contributed by atoms with Crippen LogP contribution in [0.25, 0.3) is 10.9 Å². The van der Waals surface area contributed by atoms with Crippen molar-refractivity contribution in [2.45, 2.75) is 38.6 Å². The Kier molecular flexibility index (Phi) is 8.16. The number of fused-ring (bicyclic) bond motifs is 1. The molecule has 0 unspecified atom stereocenters. The normalized spacial score (nSPS) is 15.9. The number of carbonyl (C=O) groups excluding carboxylic acids is 2. The molecule has 9 nitrogen and oxygen atoms in total. The number of benzene rings is 3. The van der Waals surface area contributed by atoms with Gasteiger partial charge in [0.1, 0.15) is 16.9 Å². The summed E-state index contributed by atoms with van der Waals surface area (Å²) < 4.78 is 17.0. The molecule has 6 rings (SSSR count). The first-order valence-electron chi connectivity index (χ1n) is 14.7. The molecule has 9 heteroatoms. The lowest BCUT2D eigenvalue weighted by atomic mass is 10.0. The zero-order valence-electron chi connectivity index (χ0n) is 24.5. The summed E-state index contributed by atoms with van der Waals surface area (Å²) in [7, 11) is 3.16. The Balaban J connectivity index is 1.11. The predicted octanol–water partition coefficient (Wildman–Crippen LogP) is 6.39. The molecule has 3 aromatic carbocycles. The number of aromatic nitrogens is 1. The lowest BCUT2D eigenvalue weighted by Gasteiger charge is -2.27. The predicted molar refractivity (Wildman–Crippen MR) is 166 cm³/mol. The number of nitrogens with one attached hydrogen (secondary N) is 2. The Labute approximate surface area is 251 Å². The minimum Gasteiger partial charge on any atom is -0.493 e. The highest BCUT2D eigenvalue weighted by atomic mass is 16.5. The molecule has 0 bridgehead atoms. The van der Waals surface area contributed by atoms with Crippen molar-refractivity contribution in [1.82, 2.24) is 9.88 Å². The van der Waals surface area contributed by atoms with Crippen molar-refractivity contribution < 1.29 is 23.8 Å². The SMILES string of the molecule is COc1cc2nccc(Oc3ccc(NC(=O)C4(C(=O)Nc5ccccc5CN5CCCCC5)CC4)cc3)c2cc1OC.